The molecule has 0 spiro atoms. The largest absolute Gasteiger partial charge is 0.354 e. The molecule has 3 amide bonds. The van der Waals surface area contributed by atoms with Crippen molar-refractivity contribution in [1.82, 2.24) is 14.5 Å². The van der Waals surface area contributed by atoms with Gasteiger partial charge in [-0.05, 0) is 49.1 Å². The van der Waals surface area contributed by atoms with Gasteiger partial charge in [0.15, 0.2) is 0 Å². The molecule has 1 aliphatic heterocycles. The Bertz CT molecular complexity index is 1200. The number of halogens is 1. The molecule has 0 saturated carbocycles. The first-order valence-electron chi connectivity index (χ1n) is 12.2. The van der Waals surface area contributed by atoms with Crippen molar-refractivity contribution in [2.45, 2.75) is 63.4 Å². The number of unbranched alkanes of at least 4 members (excludes halogenated alkanes) is 1. The minimum atomic E-state index is -3.95. The fraction of sp³-hybridized carbons (Fsp3) is 0.423. The fourth-order valence-electron chi connectivity index (χ4n) is 4.18. The van der Waals surface area contributed by atoms with Gasteiger partial charge in [-0.25, -0.2) is 17.1 Å². The van der Waals surface area contributed by atoms with Crippen LogP contribution in [0.1, 0.15) is 61.9 Å². The number of hydrogen-bond donors (Lipinski definition) is 1. The van der Waals surface area contributed by atoms with Gasteiger partial charge in [0.05, 0.1) is 5.56 Å². The number of carbonyl (C=O) groups is 3. The molecule has 2 aromatic rings. The molecule has 10 heteroatoms. The van der Waals surface area contributed by atoms with Crippen LogP contribution in [0.4, 0.5) is 4.39 Å². The SMILES string of the molecule is CCCCNC(=O)C(CC)N(Cc1ccc(F)cc1)C(=O)CCCN1C(=O)c2ccccc2S1(=O)=O. The van der Waals surface area contributed by atoms with E-state index in [1.165, 1.54) is 29.2 Å². The van der Waals surface area contributed by atoms with Crippen molar-refractivity contribution in [3.63, 3.8) is 0 Å². The van der Waals surface area contributed by atoms with Crippen molar-refractivity contribution < 1.29 is 27.2 Å². The molecule has 0 fully saturated rings. The molecule has 8 nitrogen and oxygen atoms in total. The van der Waals surface area contributed by atoms with Crippen molar-refractivity contribution >= 4 is 27.7 Å². The number of hydrogen-bond acceptors (Lipinski definition) is 5. The van der Waals surface area contributed by atoms with E-state index < -0.39 is 27.8 Å². The first-order valence-corrected chi connectivity index (χ1v) is 13.6. The molecule has 1 atom stereocenters. The van der Waals surface area contributed by atoms with E-state index in [0.717, 1.165) is 17.1 Å². The summed E-state index contributed by atoms with van der Waals surface area (Å²) in [6, 6.07) is 11.0. The number of nitrogens with one attached hydrogen (secondary N) is 1. The third kappa shape index (κ3) is 6.10. The quantitative estimate of drug-likeness (QED) is 0.434. The van der Waals surface area contributed by atoms with Gasteiger partial charge in [-0.1, -0.05) is 44.5 Å². The number of amides is 3. The van der Waals surface area contributed by atoms with Crippen LogP contribution in [0.3, 0.4) is 0 Å². The number of carbonyl (C=O) groups excluding carboxylic acids is 3. The first-order chi connectivity index (χ1) is 17.2. The molecule has 36 heavy (non-hydrogen) atoms. The van der Waals surface area contributed by atoms with Crippen LogP contribution in [0.15, 0.2) is 53.4 Å². The van der Waals surface area contributed by atoms with Crippen molar-refractivity contribution in [3.05, 3.63) is 65.5 Å². The lowest BCUT2D eigenvalue weighted by Gasteiger charge is -2.31. The summed E-state index contributed by atoms with van der Waals surface area (Å²) in [4.78, 5) is 40.2. The van der Waals surface area contributed by atoms with Gasteiger partial charge in [-0.15, -0.1) is 0 Å². The molecular formula is C26H32FN3O5S. The highest BCUT2D eigenvalue weighted by molar-refractivity contribution is 7.90. The van der Waals surface area contributed by atoms with Crippen LogP contribution in [-0.2, 0) is 26.2 Å². The Balaban J connectivity index is 1.72. The van der Waals surface area contributed by atoms with E-state index >= 15 is 0 Å². The van der Waals surface area contributed by atoms with Gasteiger partial charge >= 0.3 is 0 Å². The van der Waals surface area contributed by atoms with E-state index in [9.17, 15) is 27.2 Å². The van der Waals surface area contributed by atoms with E-state index in [-0.39, 0.29) is 48.2 Å². The zero-order valence-electron chi connectivity index (χ0n) is 20.6. The molecular weight excluding hydrogens is 485 g/mol. The topological polar surface area (TPSA) is 104 Å². The summed E-state index contributed by atoms with van der Waals surface area (Å²) in [7, 11) is -3.95. The van der Waals surface area contributed by atoms with Gasteiger partial charge in [0.2, 0.25) is 11.8 Å². The molecule has 3 rings (SSSR count). The Morgan fingerprint density at radius 3 is 2.39 bits per heavy atom. The highest BCUT2D eigenvalue weighted by Crippen LogP contribution is 2.30. The highest BCUT2D eigenvalue weighted by atomic mass is 32.2. The molecule has 1 aliphatic rings. The van der Waals surface area contributed by atoms with Crippen molar-refractivity contribution in [3.8, 4) is 0 Å². The Kier molecular flexibility index (Phi) is 9.19. The predicted molar refractivity (Wildman–Crippen MR) is 133 cm³/mol. The van der Waals surface area contributed by atoms with E-state index in [1.807, 2.05) is 13.8 Å². The lowest BCUT2D eigenvalue weighted by molar-refractivity contribution is -0.141. The van der Waals surface area contributed by atoms with Crippen molar-refractivity contribution in [2.75, 3.05) is 13.1 Å². The number of sulfonamides is 1. The Hall–Kier alpha value is -3.27. The molecule has 2 aromatic carbocycles. The lowest BCUT2D eigenvalue weighted by atomic mass is 10.1. The Labute approximate surface area is 211 Å². The Morgan fingerprint density at radius 1 is 1.06 bits per heavy atom. The van der Waals surface area contributed by atoms with Crippen LogP contribution < -0.4 is 5.32 Å². The third-order valence-corrected chi connectivity index (χ3v) is 7.99. The van der Waals surface area contributed by atoms with E-state index in [0.29, 0.717) is 18.5 Å². The summed E-state index contributed by atoms with van der Waals surface area (Å²) in [6.45, 7) is 4.27. The van der Waals surface area contributed by atoms with E-state index in [1.54, 1.807) is 24.3 Å². The molecule has 1 N–H and O–H groups in total. The molecule has 0 aromatic heterocycles. The van der Waals surface area contributed by atoms with Gasteiger partial charge in [0, 0.05) is 26.1 Å². The van der Waals surface area contributed by atoms with Crippen molar-refractivity contribution in [1.29, 1.82) is 0 Å². The van der Waals surface area contributed by atoms with Gasteiger partial charge in [0.1, 0.15) is 16.8 Å². The van der Waals surface area contributed by atoms with Crippen LogP contribution in [0.2, 0.25) is 0 Å². The molecule has 0 saturated heterocycles. The van der Waals surface area contributed by atoms with Crippen molar-refractivity contribution in [2.24, 2.45) is 0 Å². The van der Waals surface area contributed by atoms with Crippen LogP contribution in [0, 0.1) is 5.82 Å². The fourth-order valence-corrected chi connectivity index (χ4v) is 5.79. The summed E-state index contributed by atoms with van der Waals surface area (Å²) in [5, 5.41) is 2.87. The number of rotatable bonds is 12. The normalized spacial score (nSPS) is 14.9. The number of nitrogens with zero attached hydrogens (tertiary/aromatic N) is 2. The smallest absolute Gasteiger partial charge is 0.269 e. The maximum absolute atomic E-state index is 13.4. The molecule has 1 heterocycles. The van der Waals surface area contributed by atoms with Crippen LogP contribution in [-0.4, -0.2) is 54.5 Å². The lowest BCUT2D eigenvalue weighted by Crippen LogP contribution is -2.49. The average molecular weight is 518 g/mol. The zero-order chi connectivity index (χ0) is 26.3. The van der Waals surface area contributed by atoms with Crippen LogP contribution in [0.25, 0.3) is 0 Å². The number of fused-ring (bicyclic) bond motifs is 1. The van der Waals surface area contributed by atoms with Gasteiger partial charge in [-0.3, -0.25) is 14.4 Å². The summed E-state index contributed by atoms with van der Waals surface area (Å²) in [5.74, 6) is -1.63. The molecule has 1 unspecified atom stereocenters. The summed E-state index contributed by atoms with van der Waals surface area (Å²) in [6.07, 6.45) is 2.15. The van der Waals surface area contributed by atoms with Crippen LogP contribution >= 0.6 is 0 Å². The summed E-state index contributed by atoms with van der Waals surface area (Å²) in [5.41, 5.74) is 0.786. The van der Waals surface area contributed by atoms with Gasteiger partial charge in [0.25, 0.3) is 15.9 Å². The summed E-state index contributed by atoms with van der Waals surface area (Å²) >= 11 is 0. The molecule has 0 aliphatic carbocycles. The molecule has 194 valence electrons. The standard InChI is InChI=1S/C26H32FN3O5S/c1-3-5-16-28-25(32)22(4-2)29(18-19-12-14-20(27)15-13-19)24(31)11-8-17-30-26(33)21-9-6-7-10-23(21)36(30,34)35/h6-7,9-10,12-15,22H,3-5,8,11,16-18H2,1-2H3,(H,28,32). The second kappa shape index (κ2) is 12.1. The maximum Gasteiger partial charge on any atom is 0.269 e. The second-order valence-electron chi connectivity index (χ2n) is 8.70. The molecule has 0 radical (unpaired) electrons. The predicted octanol–water partition coefficient (Wildman–Crippen LogP) is 3.47. The van der Waals surface area contributed by atoms with E-state index in [2.05, 4.69) is 5.32 Å². The van der Waals surface area contributed by atoms with Crippen LogP contribution in [0.5, 0.6) is 0 Å². The minimum absolute atomic E-state index is 0.0333. The number of benzene rings is 2. The monoisotopic (exact) mass is 517 g/mol. The highest BCUT2D eigenvalue weighted by Gasteiger charge is 2.40. The van der Waals surface area contributed by atoms with Gasteiger partial charge in [-0.2, -0.15) is 0 Å². The summed E-state index contributed by atoms with van der Waals surface area (Å²) < 4.78 is 39.7. The molecule has 0 bridgehead atoms. The third-order valence-electron chi connectivity index (χ3n) is 6.15. The zero-order valence-corrected chi connectivity index (χ0v) is 21.4. The Morgan fingerprint density at radius 2 is 1.75 bits per heavy atom. The average Bonchev–Trinajstić information content (AvgIpc) is 3.05. The minimum Gasteiger partial charge on any atom is -0.354 e. The maximum atomic E-state index is 13.4. The second-order valence-corrected chi connectivity index (χ2v) is 10.5. The van der Waals surface area contributed by atoms with Gasteiger partial charge < -0.3 is 10.2 Å². The van der Waals surface area contributed by atoms with E-state index in [4.69, 9.17) is 0 Å². The first kappa shape index (κ1) is 27.3.